The molecular weight excluding hydrogens is 405 g/mol. The van der Waals surface area contributed by atoms with Crippen molar-refractivity contribution in [3.63, 3.8) is 0 Å². The molecule has 0 unspecified atom stereocenters. The second-order valence-corrected chi connectivity index (χ2v) is 6.85. The van der Waals surface area contributed by atoms with Gasteiger partial charge in [-0.3, -0.25) is 0 Å². The highest BCUT2D eigenvalue weighted by molar-refractivity contribution is 6.30. The van der Waals surface area contributed by atoms with E-state index in [0.29, 0.717) is 16.3 Å². The van der Waals surface area contributed by atoms with Crippen LogP contribution in [-0.4, -0.2) is 25.0 Å². The molecule has 0 aliphatic carbocycles. The van der Waals surface area contributed by atoms with Crippen LogP contribution in [0.3, 0.4) is 0 Å². The van der Waals surface area contributed by atoms with Gasteiger partial charge in [0.05, 0.1) is 16.8 Å². The van der Waals surface area contributed by atoms with Crippen LogP contribution in [0.1, 0.15) is 15.9 Å². The van der Waals surface area contributed by atoms with E-state index in [-0.39, 0.29) is 17.1 Å². The SMILES string of the molecule is CN(C)c1cc(C(F)(F)F)cc(-c2ccc(C(=O)Oc3ccc(Cl)cc3)cc2)n1. The largest absolute Gasteiger partial charge is 0.423 e. The van der Waals surface area contributed by atoms with Crippen LogP contribution < -0.4 is 9.64 Å². The van der Waals surface area contributed by atoms with Crippen LogP contribution in [0.25, 0.3) is 11.3 Å². The lowest BCUT2D eigenvalue weighted by atomic mass is 10.1. The molecule has 0 spiro atoms. The number of anilines is 1. The summed E-state index contributed by atoms with van der Waals surface area (Å²) >= 11 is 5.79. The molecule has 0 radical (unpaired) electrons. The van der Waals surface area contributed by atoms with Gasteiger partial charge in [-0.1, -0.05) is 23.7 Å². The summed E-state index contributed by atoms with van der Waals surface area (Å²) in [5, 5.41) is 0.514. The Morgan fingerprint density at radius 1 is 1.00 bits per heavy atom. The quantitative estimate of drug-likeness (QED) is 0.400. The first kappa shape index (κ1) is 20.7. The molecule has 1 aromatic heterocycles. The molecule has 0 amide bonds. The van der Waals surface area contributed by atoms with Gasteiger partial charge in [0.25, 0.3) is 0 Å². The Morgan fingerprint density at radius 2 is 1.62 bits per heavy atom. The first-order valence-electron chi connectivity index (χ1n) is 8.48. The summed E-state index contributed by atoms with van der Waals surface area (Å²) in [6.45, 7) is 0. The standard InChI is InChI=1S/C21H16ClF3N2O2/c1-27(2)19-12-15(21(23,24)25)11-18(26-19)13-3-5-14(6-4-13)20(28)29-17-9-7-16(22)8-10-17/h3-12H,1-2H3. The lowest BCUT2D eigenvalue weighted by Crippen LogP contribution is -2.14. The second kappa shape index (κ2) is 8.13. The monoisotopic (exact) mass is 420 g/mol. The molecule has 0 aliphatic rings. The third kappa shape index (κ3) is 5.06. The Bertz CT molecular complexity index is 1020. The Kier molecular flexibility index (Phi) is 5.79. The molecule has 0 fully saturated rings. The number of esters is 1. The fourth-order valence-corrected chi connectivity index (χ4v) is 2.63. The molecule has 0 N–H and O–H groups in total. The Labute approximate surface area is 170 Å². The predicted octanol–water partition coefficient (Wildman–Crippen LogP) is 5.71. The van der Waals surface area contributed by atoms with Gasteiger partial charge in [0.2, 0.25) is 0 Å². The molecule has 3 rings (SSSR count). The van der Waals surface area contributed by atoms with E-state index < -0.39 is 17.7 Å². The zero-order chi connectivity index (χ0) is 21.2. The summed E-state index contributed by atoms with van der Waals surface area (Å²) in [6, 6.07) is 14.3. The number of halogens is 4. The first-order chi connectivity index (χ1) is 13.6. The number of rotatable bonds is 4. The minimum absolute atomic E-state index is 0.154. The number of aromatic nitrogens is 1. The fourth-order valence-electron chi connectivity index (χ4n) is 2.50. The van der Waals surface area contributed by atoms with Crippen LogP contribution in [0.5, 0.6) is 5.75 Å². The van der Waals surface area contributed by atoms with E-state index in [4.69, 9.17) is 16.3 Å². The molecule has 0 atom stereocenters. The molecule has 150 valence electrons. The summed E-state index contributed by atoms with van der Waals surface area (Å²) in [7, 11) is 3.23. The van der Waals surface area contributed by atoms with Crippen LogP contribution in [0, 0.1) is 0 Å². The highest BCUT2D eigenvalue weighted by atomic mass is 35.5. The number of ether oxygens (including phenoxy) is 1. The van der Waals surface area contributed by atoms with E-state index in [1.807, 2.05) is 0 Å². The van der Waals surface area contributed by atoms with Crippen molar-refractivity contribution >= 4 is 23.4 Å². The highest BCUT2D eigenvalue weighted by Crippen LogP contribution is 2.34. The van der Waals surface area contributed by atoms with Crippen molar-refractivity contribution < 1.29 is 22.7 Å². The third-order valence-electron chi connectivity index (χ3n) is 4.04. The first-order valence-corrected chi connectivity index (χ1v) is 8.86. The number of carbonyl (C=O) groups is 1. The minimum atomic E-state index is -4.50. The van der Waals surface area contributed by atoms with Crippen LogP contribution in [-0.2, 0) is 6.18 Å². The zero-order valence-corrected chi connectivity index (χ0v) is 16.3. The van der Waals surface area contributed by atoms with Crippen molar-refractivity contribution in [2.75, 3.05) is 19.0 Å². The third-order valence-corrected chi connectivity index (χ3v) is 4.29. The summed E-state index contributed by atoms with van der Waals surface area (Å²) in [5.74, 6) is -0.0791. The van der Waals surface area contributed by atoms with E-state index in [1.54, 1.807) is 38.4 Å². The van der Waals surface area contributed by atoms with Crippen LogP contribution in [0.15, 0.2) is 60.7 Å². The van der Waals surface area contributed by atoms with Gasteiger partial charge in [-0.2, -0.15) is 13.2 Å². The number of benzene rings is 2. The number of hydrogen-bond donors (Lipinski definition) is 0. The number of pyridine rings is 1. The summed E-state index contributed by atoms with van der Waals surface area (Å²) < 4.78 is 44.9. The lowest BCUT2D eigenvalue weighted by Gasteiger charge is -2.16. The highest BCUT2D eigenvalue weighted by Gasteiger charge is 2.32. The van der Waals surface area contributed by atoms with Crippen LogP contribution in [0.2, 0.25) is 5.02 Å². The van der Waals surface area contributed by atoms with Crippen molar-refractivity contribution in [2.24, 2.45) is 0 Å². The second-order valence-electron chi connectivity index (χ2n) is 6.41. The van der Waals surface area contributed by atoms with Crippen molar-refractivity contribution in [2.45, 2.75) is 6.18 Å². The van der Waals surface area contributed by atoms with Gasteiger partial charge in [0.1, 0.15) is 11.6 Å². The van der Waals surface area contributed by atoms with E-state index in [2.05, 4.69) is 4.98 Å². The van der Waals surface area contributed by atoms with Crippen molar-refractivity contribution in [1.82, 2.24) is 4.98 Å². The smallest absolute Gasteiger partial charge is 0.416 e. The molecule has 0 aliphatic heterocycles. The number of alkyl halides is 3. The molecule has 4 nitrogen and oxygen atoms in total. The number of nitrogens with zero attached hydrogens (tertiary/aromatic N) is 2. The lowest BCUT2D eigenvalue weighted by molar-refractivity contribution is -0.137. The fraction of sp³-hybridized carbons (Fsp3) is 0.143. The van der Waals surface area contributed by atoms with Gasteiger partial charge >= 0.3 is 12.1 Å². The predicted molar refractivity (Wildman–Crippen MR) is 105 cm³/mol. The van der Waals surface area contributed by atoms with Gasteiger partial charge in [0.15, 0.2) is 0 Å². The van der Waals surface area contributed by atoms with Gasteiger partial charge < -0.3 is 9.64 Å². The van der Waals surface area contributed by atoms with Crippen molar-refractivity contribution in [1.29, 1.82) is 0 Å². The molecule has 0 saturated heterocycles. The average Bonchev–Trinajstić information content (AvgIpc) is 2.68. The molecule has 8 heteroatoms. The van der Waals surface area contributed by atoms with Gasteiger partial charge in [-0.15, -0.1) is 0 Å². The molecule has 0 saturated carbocycles. The number of hydrogen-bond acceptors (Lipinski definition) is 4. The zero-order valence-electron chi connectivity index (χ0n) is 15.5. The van der Waals surface area contributed by atoms with Crippen molar-refractivity contribution in [3.8, 4) is 17.0 Å². The summed E-state index contributed by atoms with van der Waals surface area (Å²) in [6.07, 6.45) is -4.50. The van der Waals surface area contributed by atoms with E-state index >= 15 is 0 Å². The van der Waals surface area contributed by atoms with E-state index in [0.717, 1.165) is 12.1 Å². The van der Waals surface area contributed by atoms with Crippen LogP contribution >= 0.6 is 11.6 Å². The molecular formula is C21H16ClF3N2O2. The minimum Gasteiger partial charge on any atom is -0.423 e. The molecule has 1 heterocycles. The number of carbonyl (C=O) groups excluding carboxylic acids is 1. The average molecular weight is 421 g/mol. The van der Waals surface area contributed by atoms with Gasteiger partial charge in [-0.05, 0) is 48.5 Å². The topological polar surface area (TPSA) is 42.4 Å². The summed E-state index contributed by atoms with van der Waals surface area (Å²) in [5.41, 5.74) is 0.0596. The molecule has 3 aromatic rings. The molecule has 29 heavy (non-hydrogen) atoms. The maximum Gasteiger partial charge on any atom is 0.416 e. The van der Waals surface area contributed by atoms with E-state index in [9.17, 15) is 18.0 Å². The van der Waals surface area contributed by atoms with Crippen LogP contribution in [0.4, 0.5) is 19.0 Å². The molecule has 2 aromatic carbocycles. The maximum absolute atomic E-state index is 13.2. The Hall–Kier alpha value is -3.06. The van der Waals surface area contributed by atoms with Gasteiger partial charge in [-0.25, -0.2) is 9.78 Å². The maximum atomic E-state index is 13.2. The Balaban J connectivity index is 1.87. The van der Waals surface area contributed by atoms with Crippen molar-refractivity contribution in [3.05, 3.63) is 76.8 Å². The van der Waals surface area contributed by atoms with E-state index in [1.165, 1.54) is 29.2 Å². The normalized spacial score (nSPS) is 11.2. The Morgan fingerprint density at radius 3 is 2.17 bits per heavy atom. The molecule has 0 bridgehead atoms. The van der Waals surface area contributed by atoms with Gasteiger partial charge in [0, 0.05) is 24.7 Å². The summed E-state index contributed by atoms with van der Waals surface area (Å²) in [4.78, 5) is 18.0.